The highest BCUT2D eigenvalue weighted by Gasteiger charge is 2.22. The molecule has 1 amide bonds. The maximum absolute atomic E-state index is 12.6. The molecule has 1 unspecified atom stereocenters. The third kappa shape index (κ3) is 3.93. The van der Waals surface area contributed by atoms with Gasteiger partial charge in [0, 0.05) is 16.3 Å². The zero-order chi connectivity index (χ0) is 19.7. The topological polar surface area (TPSA) is 98.0 Å². The lowest BCUT2D eigenvalue weighted by molar-refractivity contribution is -0.383. The molecule has 27 heavy (non-hydrogen) atoms. The van der Waals surface area contributed by atoms with Gasteiger partial charge in [-0.3, -0.25) is 14.9 Å². The van der Waals surface area contributed by atoms with Crippen LogP contribution in [0.15, 0.2) is 29.3 Å². The number of hydrogen-bond donors (Lipinski definition) is 1. The average Bonchev–Trinajstić information content (AvgIpc) is 2.89. The minimum Gasteiger partial charge on any atom is -0.319 e. The van der Waals surface area contributed by atoms with E-state index in [1.165, 1.54) is 28.8 Å². The number of carbonyl (C=O) groups excluding carboxylic acids is 1. The number of benzene rings is 1. The van der Waals surface area contributed by atoms with E-state index in [4.69, 9.17) is 0 Å². The van der Waals surface area contributed by atoms with Gasteiger partial charge in [0.15, 0.2) is 0 Å². The van der Waals surface area contributed by atoms with Gasteiger partial charge in [-0.05, 0) is 39.3 Å². The number of carbonyl (C=O) groups is 1. The Morgan fingerprint density at radius 2 is 1.96 bits per heavy atom. The number of nitrogens with zero attached hydrogens (tertiary/aromatic N) is 3. The molecule has 140 valence electrons. The van der Waals surface area contributed by atoms with E-state index in [1.807, 2.05) is 20.8 Å². The molecule has 0 bridgehead atoms. The van der Waals surface area contributed by atoms with Gasteiger partial charge >= 0.3 is 0 Å². The van der Waals surface area contributed by atoms with E-state index in [2.05, 4.69) is 15.3 Å². The minimum absolute atomic E-state index is 0.132. The Hall–Kier alpha value is -2.52. The van der Waals surface area contributed by atoms with Crippen LogP contribution in [-0.2, 0) is 4.79 Å². The van der Waals surface area contributed by atoms with E-state index in [9.17, 15) is 14.9 Å². The number of fused-ring (bicyclic) bond motifs is 1. The van der Waals surface area contributed by atoms with Crippen LogP contribution in [0.4, 0.5) is 11.4 Å². The molecule has 3 rings (SSSR count). The van der Waals surface area contributed by atoms with Crippen molar-refractivity contribution in [1.82, 2.24) is 9.97 Å². The Bertz CT molecular complexity index is 1050. The molecule has 0 saturated carbocycles. The summed E-state index contributed by atoms with van der Waals surface area (Å²) in [4.78, 5) is 34.3. The average molecular weight is 403 g/mol. The molecule has 1 atom stereocenters. The summed E-state index contributed by atoms with van der Waals surface area (Å²) in [5.41, 5.74) is 1.17. The van der Waals surface area contributed by atoms with Crippen molar-refractivity contribution in [2.45, 2.75) is 38.0 Å². The van der Waals surface area contributed by atoms with Crippen molar-refractivity contribution in [1.29, 1.82) is 0 Å². The predicted octanol–water partition coefficient (Wildman–Crippen LogP) is 4.64. The van der Waals surface area contributed by atoms with Crippen molar-refractivity contribution in [3.63, 3.8) is 0 Å². The smallest absolute Gasteiger partial charge is 0.292 e. The first kappa shape index (κ1) is 19.2. The highest BCUT2D eigenvalue weighted by Crippen LogP contribution is 2.37. The fourth-order valence-corrected chi connectivity index (χ4v) is 4.79. The van der Waals surface area contributed by atoms with Gasteiger partial charge in [0.25, 0.3) is 5.69 Å². The summed E-state index contributed by atoms with van der Waals surface area (Å²) in [6.07, 6.45) is 0. The molecule has 0 fully saturated rings. The van der Waals surface area contributed by atoms with Crippen molar-refractivity contribution in [2.75, 3.05) is 5.32 Å². The normalized spacial score (nSPS) is 12.1. The third-order valence-electron chi connectivity index (χ3n) is 4.12. The van der Waals surface area contributed by atoms with Crippen molar-refractivity contribution in [3.8, 4) is 0 Å². The summed E-state index contributed by atoms with van der Waals surface area (Å²) >= 11 is 2.94. The molecule has 7 nitrogen and oxygen atoms in total. The second-order valence-electron chi connectivity index (χ2n) is 6.06. The van der Waals surface area contributed by atoms with E-state index < -0.39 is 10.2 Å². The van der Waals surface area contributed by atoms with Crippen molar-refractivity contribution >= 4 is 50.6 Å². The number of aromatic nitrogens is 2. The largest absolute Gasteiger partial charge is 0.319 e. The molecule has 2 aromatic heterocycles. The van der Waals surface area contributed by atoms with Crippen LogP contribution in [0.5, 0.6) is 0 Å². The van der Waals surface area contributed by atoms with Crippen molar-refractivity contribution < 1.29 is 9.72 Å². The second-order valence-corrected chi connectivity index (χ2v) is 8.60. The third-order valence-corrected chi connectivity index (χ3v) is 6.31. The zero-order valence-corrected chi connectivity index (χ0v) is 16.9. The number of hydrogen-bond acceptors (Lipinski definition) is 7. The van der Waals surface area contributed by atoms with Gasteiger partial charge in [-0.15, -0.1) is 11.3 Å². The molecule has 3 aromatic rings. The lowest BCUT2D eigenvalue weighted by atomic mass is 10.2. The van der Waals surface area contributed by atoms with Crippen LogP contribution in [-0.4, -0.2) is 26.0 Å². The van der Waals surface area contributed by atoms with Gasteiger partial charge in [0.1, 0.15) is 21.4 Å². The van der Waals surface area contributed by atoms with Crippen LogP contribution in [0.25, 0.3) is 10.2 Å². The maximum Gasteiger partial charge on any atom is 0.292 e. The van der Waals surface area contributed by atoms with Gasteiger partial charge in [-0.2, -0.15) is 0 Å². The maximum atomic E-state index is 12.6. The number of nitro benzene ring substituents is 1. The van der Waals surface area contributed by atoms with Crippen LogP contribution in [0, 0.1) is 30.9 Å². The second kappa shape index (κ2) is 7.61. The minimum atomic E-state index is -0.512. The van der Waals surface area contributed by atoms with E-state index in [1.54, 1.807) is 30.4 Å². The highest BCUT2D eigenvalue weighted by atomic mass is 32.2. The molecule has 1 aromatic carbocycles. The monoisotopic (exact) mass is 402 g/mol. The molecule has 0 aliphatic rings. The molecule has 0 aliphatic carbocycles. The number of thioether (sulfide) groups is 1. The first-order chi connectivity index (χ1) is 12.8. The molecular formula is C18H18N4O3S2. The molecule has 2 heterocycles. The Balaban J connectivity index is 1.86. The molecular weight excluding hydrogens is 384 g/mol. The van der Waals surface area contributed by atoms with Crippen LogP contribution >= 0.6 is 23.1 Å². The van der Waals surface area contributed by atoms with E-state index in [0.717, 1.165) is 20.8 Å². The van der Waals surface area contributed by atoms with Crippen LogP contribution < -0.4 is 5.32 Å². The van der Waals surface area contributed by atoms with Crippen LogP contribution in [0.2, 0.25) is 0 Å². The summed E-state index contributed by atoms with van der Waals surface area (Å²) in [6.45, 7) is 7.64. The summed E-state index contributed by atoms with van der Waals surface area (Å²) in [7, 11) is 0. The molecule has 0 radical (unpaired) electrons. The molecule has 0 saturated heterocycles. The Morgan fingerprint density at radius 1 is 1.26 bits per heavy atom. The standard InChI is InChI=1S/C18H18N4O3S2/c1-9-10(2)26-17-15(9)18(20-12(4)19-17)27-11(3)16(23)21-13-7-5-6-8-14(13)22(24)25/h5-8,11H,1-4H3,(H,21,23). The van der Waals surface area contributed by atoms with Gasteiger partial charge in [0.2, 0.25) is 5.91 Å². The Morgan fingerprint density at radius 3 is 2.67 bits per heavy atom. The van der Waals surface area contributed by atoms with Gasteiger partial charge < -0.3 is 5.32 Å². The van der Waals surface area contributed by atoms with Gasteiger partial charge in [-0.1, -0.05) is 23.9 Å². The van der Waals surface area contributed by atoms with Crippen LogP contribution in [0.1, 0.15) is 23.2 Å². The van der Waals surface area contributed by atoms with Crippen LogP contribution in [0.3, 0.4) is 0 Å². The summed E-state index contributed by atoms with van der Waals surface area (Å²) in [6, 6.07) is 6.10. The fraction of sp³-hybridized carbons (Fsp3) is 0.278. The van der Waals surface area contributed by atoms with Crippen molar-refractivity contribution in [3.05, 3.63) is 50.6 Å². The summed E-state index contributed by atoms with van der Waals surface area (Å²) in [5, 5.41) is 15.0. The number of rotatable bonds is 5. The quantitative estimate of drug-likeness (QED) is 0.289. The lowest BCUT2D eigenvalue weighted by Gasteiger charge is -2.13. The number of anilines is 1. The van der Waals surface area contributed by atoms with Crippen molar-refractivity contribution in [2.24, 2.45) is 0 Å². The van der Waals surface area contributed by atoms with E-state index >= 15 is 0 Å². The summed E-state index contributed by atoms with van der Waals surface area (Å²) in [5.74, 6) is 0.334. The van der Waals surface area contributed by atoms with E-state index in [-0.39, 0.29) is 17.3 Å². The fourth-order valence-electron chi connectivity index (χ4n) is 2.59. The number of thiophene rings is 1. The predicted molar refractivity (Wildman–Crippen MR) is 109 cm³/mol. The number of para-hydroxylation sites is 2. The zero-order valence-electron chi connectivity index (χ0n) is 15.3. The number of aryl methyl sites for hydroxylation is 3. The first-order valence-electron chi connectivity index (χ1n) is 8.23. The number of amides is 1. The Kier molecular flexibility index (Phi) is 5.43. The molecule has 0 aliphatic heterocycles. The van der Waals surface area contributed by atoms with Gasteiger partial charge in [-0.25, -0.2) is 9.97 Å². The van der Waals surface area contributed by atoms with E-state index in [0.29, 0.717) is 5.82 Å². The number of nitro groups is 1. The first-order valence-corrected chi connectivity index (χ1v) is 9.92. The molecule has 0 spiro atoms. The van der Waals surface area contributed by atoms with Gasteiger partial charge in [0.05, 0.1) is 10.2 Å². The molecule has 1 N–H and O–H groups in total. The number of nitrogens with one attached hydrogen (secondary N) is 1. The lowest BCUT2D eigenvalue weighted by Crippen LogP contribution is -2.23. The molecule has 9 heteroatoms. The highest BCUT2D eigenvalue weighted by molar-refractivity contribution is 8.00. The SMILES string of the molecule is Cc1nc(SC(C)C(=O)Nc2ccccc2[N+](=O)[O-])c2c(C)c(C)sc2n1. The Labute approximate surface area is 164 Å². The summed E-state index contributed by atoms with van der Waals surface area (Å²) < 4.78 is 0.